The maximum Gasteiger partial charge on any atom is 0.252 e. The van der Waals surface area contributed by atoms with Crippen molar-refractivity contribution in [3.05, 3.63) is 232 Å². The number of rotatable bonds is 7. The Bertz CT molecular complexity index is 4900. The average molecular weight is 1300 g/mol. The Hall–Kier alpha value is -8.82. The van der Waals surface area contributed by atoms with Gasteiger partial charge < -0.3 is 14.2 Å². The summed E-state index contributed by atoms with van der Waals surface area (Å²) in [6, 6.07) is 68.6. The van der Waals surface area contributed by atoms with E-state index >= 15 is 0 Å². The molecule has 14 rings (SSSR count). The van der Waals surface area contributed by atoms with Gasteiger partial charge in [0.2, 0.25) is 0 Å². The van der Waals surface area contributed by atoms with Gasteiger partial charge in [-0.25, -0.2) is 0 Å². The van der Waals surface area contributed by atoms with Gasteiger partial charge in [0.05, 0.1) is 22.8 Å². The molecule has 96 heavy (non-hydrogen) atoms. The van der Waals surface area contributed by atoms with E-state index in [1.807, 2.05) is 6.07 Å². The molecule has 2 aliphatic rings. The molecule has 7 heterocycles. The smallest absolute Gasteiger partial charge is 0.252 e. The van der Waals surface area contributed by atoms with Gasteiger partial charge in [-0.1, -0.05) is 233 Å². The molecule has 0 aliphatic carbocycles. The highest BCUT2D eigenvalue weighted by Gasteiger charge is 2.46. The van der Waals surface area contributed by atoms with Crippen LogP contribution in [0.1, 0.15) is 159 Å². The monoisotopic (exact) mass is 1300 g/mol. The van der Waals surface area contributed by atoms with Crippen LogP contribution in [0.4, 0.5) is 34.1 Å². The molecule has 7 aromatic carbocycles. The fourth-order valence-corrected chi connectivity index (χ4v) is 14.2. The fourth-order valence-electron chi connectivity index (χ4n) is 13.9. The quantitative estimate of drug-likeness (QED) is 0.147. The number of pyridine rings is 4. The fraction of sp³-hybridized carbons (Fsp3) is 0.279. The SMILES string of the molecule is CC(C)(C)c1cccc(-c2cccc(-c3cccc(C(C)(C)C)n3)c2N2c3cc(Cl)ccc3B3c4ccc(Cl)cc4N(c4c(-c5cc(C(C)(C)C)nc(C(C)(C)C)c5)cccc4-c4cc(C(C)(C)C)nc(C(C)(C)C)c4)c4cc(-c5ccc6oc7ccccc7c6c5)cc2c43)n1. The molecule has 0 spiro atoms. The van der Waals surface area contributed by atoms with Crippen molar-refractivity contribution in [1.82, 2.24) is 19.9 Å². The van der Waals surface area contributed by atoms with Crippen molar-refractivity contribution in [3.8, 4) is 55.9 Å². The molecule has 0 fully saturated rings. The minimum absolute atomic E-state index is 0.240. The molecule has 0 unspecified atom stereocenters. The lowest BCUT2D eigenvalue weighted by atomic mass is 9.33. The average Bonchev–Trinajstić information content (AvgIpc) is 0.750. The van der Waals surface area contributed by atoms with E-state index in [4.69, 9.17) is 47.6 Å². The minimum atomic E-state index is -0.311. The molecule has 12 aromatic rings. The number of anilines is 6. The molecule has 10 heteroatoms. The molecule has 0 saturated heterocycles. The van der Waals surface area contributed by atoms with Gasteiger partial charge in [0.15, 0.2) is 0 Å². The Morgan fingerprint density at radius 1 is 0.312 bits per heavy atom. The number of para-hydroxylation sites is 3. The summed E-state index contributed by atoms with van der Waals surface area (Å²) in [6.45, 7) is 40.2. The summed E-state index contributed by atoms with van der Waals surface area (Å²) in [4.78, 5) is 27.3. The first-order valence-corrected chi connectivity index (χ1v) is 34.5. The number of hydrogen-bond donors (Lipinski definition) is 0. The first-order valence-electron chi connectivity index (χ1n) is 33.8. The van der Waals surface area contributed by atoms with Crippen LogP contribution in [-0.4, -0.2) is 26.6 Å². The van der Waals surface area contributed by atoms with Crippen LogP contribution < -0.4 is 26.2 Å². The molecular weight excluding hydrogens is 1210 g/mol. The highest BCUT2D eigenvalue weighted by Crippen LogP contribution is 2.55. The van der Waals surface area contributed by atoms with Gasteiger partial charge in [-0.05, 0) is 142 Å². The van der Waals surface area contributed by atoms with Gasteiger partial charge in [-0.3, -0.25) is 19.9 Å². The molecule has 0 N–H and O–H groups in total. The van der Waals surface area contributed by atoms with Crippen molar-refractivity contribution in [2.45, 2.75) is 157 Å². The van der Waals surface area contributed by atoms with Crippen LogP contribution in [0.3, 0.4) is 0 Å². The Morgan fingerprint density at radius 3 is 1.15 bits per heavy atom. The third kappa shape index (κ3) is 11.5. The zero-order chi connectivity index (χ0) is 68.1. The summed E-state index contributed by atoms with van der Waals surface area (Å²) in [7, 11) is 0. The highest BCUT2D eigenvalue weighted by molar-refractivity contribution is 7.00. The van der Waals surface area contributed by atoms with Crippen LogP contribution in [0.15, 0.2) is 192 Å². The molecule has 0 saturated carbocycles. The van der Waals surface area contributed by atoms with Gasteiger partial charge in [0, 0.05) is 132 Å². The Kier molecular flexibility index (Phi) is 15.4. The Balaban J connectivity index is 1.19. The lowest BCUT2D eigenvalue weighted by Crippen LogP contribution is -2.61. The predicted octanol–water partition coefficient (Wildman–Crippen LogP) is 22.7. The molecule has 7 nitrogen and oxygen atoms in total. The minimum Gasteiger partial charge on any atom is -0.456 e. The molecule has 5 aromatic heterocycles. The van der Waals surface area contributed by atoms with E-state index in [-0.39, 0.29) is 39.2 Å². The lowest BCUT2D eigenvalue weighted by molar-refractivity contribution is 0.531. The zero-order valence-electron chi connectivity index (χ0n) is 58.8. The van der Waals surface area contributed by atoms with Crippen LogP contribution in [0.25, 0.3) is 77.8 Å². The second kappa shape index (κ2) is 22.9. The zero-order valence-corrected chi connectivity index (χ0v) is 60.3. The second-order valence-corrected chi connectivity index (χ2v) is 33.6. The molecule has 2 aliphatic heterocycles. The summed E-state index contributed by atoms with van der Waals surface area (Å²) in [5.41, 5.74) is 25.2. The van der Waals surface area contributed by atoms with Crippen LogP contribution in [0, 0.1) is 0 Å². The summed E-state index contributed by atoms with van der Waals surface area (Å²) < 4.78 is 6.59. The number of nitrogens with zero attached hydrogens (tertiary/aromatic N) is 6. The van der Waals surface area contributed by atoms with Crippen molar-refractivity contribution in [2.24, 2.45) is 0 Å². The van der Waals surface area contributed by atoms with Crippen LogP contribution in [0.5, 0.6) is 0 Å². The van der Waals surface area contributed by atoms with E-state index in [0.717, 1.165) is 163 Å². The summed E-state index contributed by atoms with van der Waals surface area (Å²) in [5, 5.41) is 3.33. The van der Waals surface area contributed by atoms with Crippen LogP contribution in [0.2, 0.25) is 10.0 Å². The normalized spacial score (nSPS) is 13.6. The molecule has 482 valence electrons. The third-order valence-electron chi connectivity index (χ3n) is 19.2. The number of fused-ring (bicyclic) bond motifs is 7. The number of benzene rings is 7. The van der Waals surface area contributed by atoms with Crippen LogP contribution in [-0.2, 0) is 32.5 Å². The van der Waals surface area contributed by atoms with Gasteiger partial charge in [0.25, 0.3) is 6.71 Å². The van der Waals surface area contributed by atoms with E-state index in [2.05, 4.69) is 316 Å². The van der Waals surface area contributed by atoms with E-state index in [0.29, 0.717) is 10.0 Å². The van der Waals surface area contributed by atoms with E-state index < -0.39 is 0 Å². The maximum atomic E-state index is 7.57. The Morgan fingerprint density at radius 2 is 0.708 bits per heavy atom. The summed E-state index contributed by atoms with van der Waals surface area (Å²) in [6.07, 6.45) is 0. The van der Waals surface area contributed by atoms with Crippen LogP contribution >= 0.6 is 23.2 Å². The van der Waals surface area contributed by atoms with Crippen molar-refractivity contribution in [1.29, 1.82) is 0 Å². The van der Waals surface area contributed by atoms with Gasteiger partial charge in [-0.2, -0.15) is 0 Å². The standard InChI is InChI=1S/C86H85BCl2N6O/c1-81(2,3)72-33-23-30-64(90-72)59-28-22-29-60(65-31-24-34-73(91-65)82(4,5)6)80(59)95-67-49-55(89)37-39-63(67)87-62-38-36-54(88)48-66(62)94(68-42-51(43-69(95)78(68)87)50-35-40-71-61(41-50)58-25-19-20-32-70(58)96-71)79-56(52-44-74(83(7,8)9)92-75(45-52)84(10,11)12)26-21-27-57(79)53-46-76(85(13,14)15)93-77(47-53)86(16,17)18/h19-49H,1-18H3. The van der Waals surface area contributed by atoms with Gasteiger partial charge in [0.1, 0.15) is 11.2 Å². The first kappa shape index (κ1) is 64.5. The largest absolute Gasteiger partial charge is 0.456 e. The van der Waals surface area contributed by atoms with Gasteiger partial charge in [-0.15, -0.1) is 0 Å². The summed E-state index contributed by atoms with van der Waals surface area (Å²) >= 11 is 15.1. The molecule has 0 radical (unpaired) electrons. The number of hydrogen-bond acceptors (Lipinski definition) is 7. The predicted molar refractivity (Wildman–Crippen MR) is 408 cm³/mol. The molecule has 0 atom stereocenters. The first-order chi connectivity index (χ1) is 45.2. The van der Waals surface area contributed by atoms with E-state index in [1.54, 1.807) is 0 Å². The summed E-state index contributed by atoms with van der Waals surface area (Å²) in [5.74, 6) is 0. The van der Waals surface area contributed by atoms with E-state index in [9.17, 15) is 0 Å². The molecule has 0 amide bonds. The Labute approximate surface area is 578 Å². The number of halogens is 2. The van der Waals surface area contributed by atoms with Crippen molar-refractivity contribution < 1.29 is 4.42 Å². The van der Waals surface area contributed by atoms with E-state index in [1.165, 1.54) is 0 Å². The van der Waals surface area contributed by atoms with Crippen molar-refractivity contribution in [2.75, 3.05) is 9.80 Å². The number of aromatic nitrogens is 4. The molecular formula is C86H85BCl2N6O. The molecule has 0 bridgehead atoms. The highest BCUT2D eigenvalue weighted by atomic mass is 35.5. The third-order valence-corrected chi connectivity index (χ3v) is 19.6. The van der Waals surface area contributed by atoms with Crippen molar-refractivity contribution in [3.63, 3.8) is 0 Å². The second-order valence-electron chi connectivity index (χ2n) is 32.7. The topological polar surface area (TPSA) is 71.2 Å². The maximum absolute atomic E-state index is 7.57. The van der Waals surface area contributed by atoms with Crippen molar-refractivity contribution >= 4 is 102 Å². The number of furan rings is 1. The lowest BCUT2D eigenvalue weighted by Gasteiger charge is -2.46. The van der Waals surface area contributed by atoms with Gasteiger partial charge >= 0.3 is 0 Å².